The number of amides is 2. The largest absolute Gasteiger partial charge is 0.493 e. The minimum atomic E-state index is -0.965. The highest BCUT2D eigenvalue weighted by Crippen LogP contribution is 2.20. The topological polar surface area (TPSA) is 122 Å². The summed E-state index contributed by atoms with van der Waals surface area (Å²) < 4.78 is 25.6. The fourth-order valence-electron chi connectivity index (χ4n) is 4.37. The van der Waals surface area contributed by atoms with Crippen molar-refractivity contribution in [3.8, 4) is 5.75 Å². The van der Waals surface area contributed by atoms with Gasteiger partial charge in [-0.1, -0.05) is 13.0 Å². The lowest BCUT2D eigenvalue weighted by molar-refractivity contribution is -0.127. The highest BCUT2D eigenvalue weighted by Gasteiger charge is 2.23. The lowest BCUT2D eigenvalue weighted by Crippen LogP contribution is -2.48. The fourth-order valence-corrected chi connectivity index (χ4v) is 4.37. The molecule has 3 unspecified atom stereocenters. The van der Waals surface area contributed by atoms with Gasteiger partial charge in [-0.25, -0.2) is 4.39 Å². The molecule has 0 radical (unpaired) electrons. The van der Waals surface area contributed by atoms with Gasteiger partial charge in [-0.2, -0.15) is 0 Å². The van der Waals surface area contributed by atoms with E-state index in [-0.39, 0.29) is 43.5 Å². The molecule has 2 heterocycles. The number of pyridine rings is 1. The molecule has 0 saturated heterocycles. The lowest BCUT2D eigenvalue weighted by atomic mass is 10.00. The quantitative estimate of drug-likeness (QED) is 0.411. The minimum absolute atomic E-state index is 0.00270. The van der Waals surface area contributed by atoms with Crippen LogP contribution in [0.3, 0.4) is 0 Å². The van der Waals surface area contributed by atoms with Crippen LogP contribution in [0.5, 0.6) is 5.75 Å². The number of hydrogen-bond acceptors (Lipinski definition) is 7. The van der Waals surface area contributed by atoms with Gasteiger partial charge in [-0.15, -0.1) is 0 Å². The van der Waals surface area contributed by atoms with Crippen LogP contribution in [0.1, 0.15) is 42.9 Å². The SMILES string of the molecule is CCc1cncc(CNCC(O)C2Cc3cc(F)cc(c3)OCC(COC)CCNC(=O)CCC(=O)N2)c1. The van der Waals surface area contributed by atoms with Crippen LogP contribution in [-0.4, -0.2) is 67.5 Å². The second kappa shape index (κ2) is 15.4. The van der Waals surface area contributed by atoms with E-state index >= 15 is 0 Å². The fraction of sp³-hybridized carbons (Fsp3) is 0.536. The van der Waals surface area contributed by atoms with E-state index in [1.54, 1.807) is 19.4 Å². The van der Waals surface area contributed by atoms with Gasteiger partial charge < -0.3 is 30.5 Å². The van der Waals surface area contributed by atoms with Crippen molar-refractivity contribution in [1.82, 2.24) is 20.9 Å². The second-order valence-corrected chi connectivity index (χ2v) is 9.70. The Bertz CT molecular complexity index is 1050. The van der Waals surface area contributed by atoms with Crippen LogP contribution >= 0.6 is 0 Å². The maximum absolute atomic E-state index is 14.5. The number of hydrogen-bond donors (Lipinski definition) is 4. The van der Waals surface area contributed by atoms with E-state index in [1.165, 1.54) is 12.1 Å². The number of aliphatic hydroxyl groups is 1. The maximum Gasteiger partial charge on any atom is 0.220 e. The van der Waals surface area contributed by atoms with Gasteiger partial charge >= 0.3 is 0 Å². The zero-order valence-electron chi connectivity index (χ0n) is 22.2. The number of nitrogens with zero attached hydrogens (tertiary/aromatic N) is 1. The number of aliphatic hydroxyl groups excluding tert-OH is 1. The van der Waals surface area contributed by atoms with Crippen molar-refractivity contribution in [1.29, 1.82) is 0 Å². The number of fused-ring (bicyclic) bond motifs is 2. The van der Waals surface area contributed by atoms with E-state index in [0.717, 1.165) is 17.5 Å². The standard InChI is InChI=1S/C28H39FN4O5/c1-3-19-8-22(14-30-13-19)15-31-16-26(34)25-11-21-9-23(29)12-24(10-21)38-18-20(17-37-2)6-7-32-27(35)4-5-28(36)33-25/h8-10,12-14,20,25-26,31,34H,3-7,11,15-18H2,1-2H3,(H,32,35)(H,33,36). The van der Waals surface area contributed by atoms with Gasteiger partial charge in [0.2, 0.25) is 11.8 Å². The third-order valence-corrected chi connectivity index (χ3v) is 6.48. The van der Waals surface area contributed by atoms with Crippen LogP contribution in [0.15, 0.2) is 36.7 Å². The number of benzene rings is 1. The average molecular weight is 531 g/mol. The van der Waals surface area contributed by atoms with E-state index in [9.17, 15) is 19.1 Å². The Morgan fingerprint density at radius 1 is 1.18 bits per heavy atom. The number of halogens is 1. The lowest BCUT2D eigenvalue weighted by Gasteiger charge is -2.25. The van der Waals surface area contributed by atoms with Crippen LogP contribution in [0.2, 0.25) is 0 Å². The Labute approximate surface area is 223 Å². The van der Waals surface area contributed by atoms with Crippen molar-refractivity contribution in [2.24, 2.45) is 5.92 Å². The van der Waals surface area contributed by atoms with Gasteiger partial charge in [0.25, 0.3) is 0 Å². The summed E-state index contributed by atoms with van der Waals surface area (Å²) in [5.74, 6) is -0.690. The molecule has 3 rings (SSSR count). The van der Waals surface area contributed by atoms with E-state index < -0.39 is 18.0 Å². The minimum Gasteiger partial charge on any atom is -0.493 e. The predicted molar refractivity (Wildman–Crippen MR) is 141 cm³/mol. The molecule has 0 spiro atoms. The van der Waals surface area contributed by atoms with E-state index in [2.05, 4.69) is 33.9 Å². The molecule has 1 aliphatic rings. The Balaban J connectivity index is 1.73. The summed E-state index contributed by atoms with van der Waals surface area (Å²) in [4.78, 5) is 29.2. The monoisotopic (exact) mass is 530 g/mol. The van der Waals surface area contributed by atoms with Crippen LogP contribution < -0.4 is 20.7 Å². The summed E-state index contributed by atoms with van der Waals surface area (Å²) in [6, 6.07) is 5.75. The average Bonchev–Trinajstić information content (AvgIpc) is 2.89. The molecule has 10 heteroatoms. The van der Waals surface area contributed by atoms with Crippen LogP contribution in [0, 0.1) is 11.7 Å². The first-order chi connectivity index (χ1) is 18.4. The van der Waals surface area contributed by atoms with Crippen molar-refractivity contribution >= 4 is 11.8 Å². The van der Waals surface area contributed by atoms with Crippen LogP contribution in [0.4, 0.5) is 4.39 Å². The molecule has 1 aromatic heterocycles. The normalized spacial score (nSPS) is 20.2. The van der Waals surface area contributed by atoms with Crippen LogP contribution in [0.25, 0.3) is 0 Å². The Morgan fingerprint density at radius 2 is 1.97 bits per heavy atom. The molecule has 38 heavy (non-hydrogen) atoms. The maximum atomic E-state index is 14.5. The predicted octanol–water partition coefficient (Wildman–Crippen LogP) is 1.90. The first-order valence-corrected chi connectivity index (χ1v) is 13.1. The molecule has 1 aliphatic heterocycles. The molecule has 9 nitrogen and oxygen atoms in total. The number of aromatic nitrogens is 1. The molecule has 0 saturated carbocycles. The molecule has 2 bridgehead atoms. The number of carbonyl (C=O) groups is 2. The highest BCUT2D eigenvalue weighted by atomic mass is 19.1. The van der Waals surface area contributed by atoms with Crippen molar-refractivity contribution in [3.63, 3.8) is 0 Å². The van der Waals surface area contributed by atoms with Gasteiger partial charge in [0.05, 0.1) is 25.4 Å². The number of carbonyl (C=O) groups excluding carboxylic acids is 2. The zero-order valence-corrected chi connectivity index (χ0v) is 22.2. The summed E-state index contributed by atoms with van der Waals surface area (Å²) >= 11 is 0. The molecule has 0 fully saturated rings. The van der Waals surface area contributed by atoms with Gasteiger partial charge in [-0.3, -0.25) is 14.6 Å². The highest BCUT2D eigenvalue weighted by molar-refractivity contribution is 5.83. The van der Waals surface area contributed by atoms with E-state index in [0.29, 0.717) is 44.0 Å². The van der Waals surface area contributed by atoms with Gasteiger partial charge in [0.1, 0.15) is 11.6 Å². The summed E-state index contributed by atoms with van der Waals surface area (Å²) in [6.45, 7) is 3.89. The van der Waals surface area contributed by atoms with Gasteiger partial charge in [-0.05, 0) is 48.1 Å². The molecule has 2 amide bonds. The number of ether oxygens (including phenoxy) is 2. The zero-order chi connectivity index (χ0) is 27.3. The molecular formula is C28H39FN4O5. The first kappa shape index (κ1) is 29.5. The second-order valence-electron chi connectivity index (χ2n) is 9.70. The van der Waals surface area contributed by atoms with Crippen molar-refractivity contribution in [2.45, 2.75) is 57.7 Å². The van der Waals surface area contributed by atoms with Crippen molar-refractivity contribution in [3.05, 3.63) is 59.2 Å². The summed E-state index contributed by atoms with van der Waals surface area (Å²) in [5.41, 5.74) is 2.69. The van der Waals surface area contributed by atoms with Gasteiger partial charge in [0, 0.05) is 64.0 Å². The molecule has 208 valence electrons. The number of methoxy groups -OCH3 is 1. The summed E-state index contributed by atoms with van der Waals surface area (Å²) in [5, 5.41) is 19.9. The Hall–Kier alpha value is -3.08. The van der Waals surface area contributed by atoms with Crippen molar-refractivity contribution in [2.75, 3.05) is 33.4 Å². The molecule has 3 atom stereocenters. The summed E-state index contributed by atoms with van der Waals surface area (Å²) in [6.07, 6.45) is 4.32. The molecule has 2 aromatic rings. The van der Waals surface area contributed by atoms with E-state index in [4.69, 9.17) is 9.47 Å². The van der Waals surface area contributed by atoms with E-state index in [1.807, 2.05) is 6.20 Å². The molecule has 4 N–H and O–H groups in total. The molecule has 1 aromatic carbocycles. The third-order valence-electron chi connectivity index (χ3n) is 6.48. The molecule has 0 aliphatic carbocycles. The third kappa shape index (κ3) is 10.00. The number of rotatable bonds is 8. The van der Waals surface area contributed by atoms with Gasteiger partial charge in [0.15, 0.2) is 0 Å². The first-order valence-electron chi connectivity index (χ1n) is 13.1. The van der Waals surface area contributed by atoms with Crippen molar-refractivity contribution < 1.29 is 28.6 Å². The summed E-state index contributed by atoms with van der Waals surface area (Å²) in [7, 11) is 1.59. The number of nitrogens with one attached hydrogen (secondary N) is 3. The smallest absolute Gasteiger partial charge is 0.220 e. The Kier molecular flexibility index (Phi) is 11.9. The Morgan fingerprint density at radius 3 is 2.76 bits per heavy atom. The number of aryl methyl sites for hydroxylation is 1. The molecular weight excluding hydrogens is 491 g/mol. The van der Waals surface area contributed by atoms with Crippen LogP contribution in [-0.2, 0) is 33.7 Å².